The summed E-state index contributed by atoms with van der Waals surface area (Å²) < 4.78 is 19.1. The molecule has 6 aromatic carbocycles. The van der Waals surface area contributed by atoms with Crippen LogP contribution in [0.15, 0.2) is 127 Å². The topological polar surface area (TPSA) is 27.7 Å². The summed E-state index contributed by atoms with van der Waals surface area (Å²) in [7, 11) is 1.69. The summed E-state index contributed by atoms with van der Waals surface area (Å²) in [6.07, 6.45) is 4.52. The fourth-order valence-corrected chi connectivity index (χ4v) is 7.26. The highest BCUT2D eigenvalue weighted by Crippen LogP contribution is 2.58. The Bertz CT molecular complexity index is 2110. The minimum atomic E-state index is -0.867. The second-order valence-electron chi connectivity index (χ2n) is 12.6. The van der Waals surface area contributed by atoms with Crippen LogP contribution >= 0.6 is 0 Å². The van der Waals surface area contributed by atoms with Gasteiger partial charge in [0.1, 0.15) is 23.0 Å². The molecule has 6 aromatic rings. The Morgan fingerprint density at radius 3 is 1.96 bits per heavy atom. The van der Waals surface area contributed by atoms with E-state index in [1.807, 2.05) is 54.6 Å². The molecule has 2 aliphatic rings. The third-order valence-corrected chi connectivity index (χ3v) is 9.48. The van der Waals surface area contributed by atoms with E-state index < -0.39 is 5.60 Å². The maximum absolute atomic E-state index is 7.41. The Hall–Kier alpha value is -5.28. The first-order chi connectivity index (χ1) is 21.9. The number of fused-ring (bicyclic) bond motifs is 8. The van der Waals surface area contributed by atoms with Gasteiger partial charge in [-0.3, -0.25) is 0 Å². The summed E-state index contributed by atoms with van der Waals surface area (Å²) in [5.74, 6) is 3.29. The zero-order chi connectivity index (χ0) is 30.8. The van der Waals surface area contributed by atoms with Gasteiger partial charge < -0.3 is 14.2 Å². The number of benzene rings is 6. The van der Waals surface area contributed by atoms with Crippen molar-refractivity contribution in [1.82, 2.24) is 0 Å². The number of aryl methyl sites for hydroxylation is 1. The van der Waals surface area contributed by atoms with Crippen LogP contribution < -0.4 is 14.2 Å². The molecule has 8 rings (SSSR count). The Morgan fingerprint density at radius 1 is 0.644 bits per heavy atom. The van der Waals surface area contributed by atoms with E-state index in [9.17, 15) is 0 Å². The molecule has 0 bridgehead atoms. The van der Waals surface area contributed by atoms with Gasteiger partial charge in [-0.25, -0.2) is 0 Å². The van der Waals surface area contributed by atoms with Gasteiger partial charge in [0, 0.05) is 27.5 Å². The number of hydrogen-bond donors (Lipinski definition) is 0. The zero-order valence-corrected chi connectivity index (χ0v) is 25.9. The van der Waals surface area contributed by atoms with E-state index >= 15 is 0 Å². The van der Waals surface area contributed by atoms with E-state index in [4.69, 9.17) is 14.2 Å². The molecule has 0 N–H and O–H groups in total. The Kier molecular flexibility index (Phi) is 6.15. The highest BCUT2D eigenvalue weighted by Gasteiger charge is 2.44. The number of rotatable bonds is 5. The lowest BCUT2D eigenvalue weighted by molar-refractivity contribution is 0.163. The molecular formula is C42H34O3. The first-order valence-corrected chi connectivity index (χ1v) is 15.5. The minimum absolute atomic E-state index is 0.185. The summed E-state index contributed by atoms with van der Waals surface area (Å²) in [6.45, 7) is 6.86. The molecule has 1 aliphatic heterocycles. The summed E-state index contributed by atoms with van der Waals surface area (Å²) >= 11 is 0. The van der Waals surface area contributed by atoms with Crippen molar-refractivity contribution in [3.8, 4) is 34.1 Å². The molecule has 0 saturated carbocycles. The van der Waals surface area contributed by atoms with Gasteiger partial charge in [-0.05, 0) is 77.0 Å². The predicted molar refractivity (Wildman–Crippen MR) is 183 cm³/mol. The van der Waals surface area contributed by atoms with Crippen LogP contribution in [0.25, 0.3) is 28.0 Å². The molecule has 0 fully saturated rings. The quantitative estimate of drug-likeness (QED) is 0.201. The lowest BCUT2D eigenvalue weighted by atomic mass is 9.76. The average Bonchev–Trinajstić information content (AvgIpc) is 3.31. The summed E-state index contributed by atoms with van der Waals surface area (Å²) in [4.78, 5) is 0. The molecule has 1 aliphatic carbocycles. The van der Waals surface area contributed by atoms with Crippen molar-refractivity contribution < 1.29 is 14.2 Å². The van der Waals surface area contributed by atoms with Gasteiger partial charge in [-0.1, -0.05) is 110 Å². The third-order valence-electron chi connectivity index (χ3n) is 9.48. The van der Waals surface area contributed by atoms with Gasteiger partial charge in [0.25, 0.3) is 0 Å². The first kappa shape index (κ1) is 27.3. The molecular weight excluding hydrogens is 552 g/mol. The van der Waals surface area contributed by atoms with E-state index in [1.54, 1.807) is 7.11 Å². The van der Waals surface area contributed by atoms with Crippen LogP contribution in [-0.2, 0) is 11.0 Å². The van der Waals surface area contributed by atoms with Gasteiger partial charge in [0.05, 0.1) is 7.11 Å². The second-order valence-corrected chi connectivity index (χ2v) is 12.6. The first-order valence-electron chi connectivity index (χ1n) is 15.5. The molecule has 3 nitrogen and oxygen atoms in total. The molecule has 3 heteroatoms. The number of hydrogen-bond acceptors (Lipinski definition) is 3. The van der Waals surface area contributed by atoms with Crippen LogP contribution in [0, 0.1) is 6.92 Å². The van der Waals surface area contributed by atoms with E-state index in [0.717, 1.165) is 45.1 Å². The lowest BCUT2D eigenvalue weighted by Gasteiger charge is -2.38. The molecule has 0 radical (unpaired) electrons. The third kappa shape index (κ3) is 4.18. The molecule has 0 amide bonds. The Labute approximate surface area is 264 Å². The highest BCUT2D eigenvalue weighted by molar-refractivity contribution is 6.08. The van der Waals surface area contributed by atoms with Crippen molar-refractivity contribution >= 4 is 16.8 Å². The van der Waals surface area contributed by atoms with E-state index in [0.29, 0.717) is 0 Å². The molecule has 1 unspecified atom stereocenters. The summed E-state index contributed by atoms with van der Waals surface area (Å²) in [5, 5.41) is 2.33. The van der Waals surface area contributed by atoms with Gasteiger partial charge in [0.15, 0.2) is 5.60 Å². The second kappa shape index (κ2) is 10.1. The van der Waals surface area contributed by atoms with Crippen LogP contribution in [-0.4, -0.2) is 7.11 Å². The molecule has 0 saturated heterocycles. The number of para-hydroxylation sites is 1. The SMILES string of the molecule is COc1ccc(C2(c3ccc(Oc4ccccc4)cc3)C=Cc3c4c(c5ccccc5c3O2)-c2ccc(C)cc2C4(C)C)cc1. The maximum atomic E-state index is 7.41. The molecule has 1 atom stereocenters. The fraction of sp³-hybridized carbons (Fsp3) is 0.143. The van der Waals surface area contributed by atoms with Gasteiger partial charge >= 0.3 is 0 Å². The number of ether oxygens (including phenoxy) is 3. The molecule has 0 spiro atoms. The summed E-state index contributed by atoms with van der Waals surface area (Å²) in [6, 6.07) is 41.9. The average molecular weight is 587 g/mol. The Balaban J connectivity index is 1.33. The van der Waals surface area contributed by atoms with Gasteiger partial charge in [-0.2, -0.15) is 0 Å². The number of methoxy groups -OCH3 is 1. The monoisotopic (exact) mass is 586 g/mol. The van der Waals surface area contributed by atoms with Crippen molar-refractivity contribution in [3.05, 3.63) is 161 Å². The van der Waals surface area contributed by atoms with E-state index in [-0.39, 0.29) is 5.41 Å². The molecule has 0 aromatic heterocycles. The van der Waals surface area contributed by atoms with Crippen molar-refractivity contribution in [1.29, 1.82) is 0 Å². The zero-order valence-electron chi connectivity index (χ0n) is 25.9. The molecule has 45 heavy (non-hydrogen) atoms. The van der Waals surface area contributed by atoms with Gasteiger partial charge in [0.2, 0.25) is 0 Å². The van der Waals surface area contributed by atoms with Crippen LogP contribution in [0.3, 0.4) is 0 Å². The van der Waals surface area contributed by atoms with Crippen LogP contribution in [0.2, 0.25) is 0 Å². The Morgan fingerprint density at radius 2 is 1.27 bits per heavy atom. The van der Waals surface area contributed by atoms with Crippen molar-refractivity contribution in [2.75, 3.05) is 7.11 Å². The lowest BCUT2D eigenvalue weighted by Crippen LogP contribution is -2.35. The van der Waals surface area contributed by atoms with Crippen molar-refractivity contribution in [2.45, 2.75) is 31.8 Å². The van der Waals surface area contributed by atoms with E-state index in [1.165, 1.54) is 33.2 Å². The molecule has 1 heterocycles. The minimum Gasteiger partial charge on any atom is -0.497 e. The van der Waals surface area contributed by atoms with Crippen LogP contribution in [0.4, 0.5) is 0 Å². The largest absolute Gasteiger partial charge is 0.497 e. The van der Waals surface area contributed by atoms with Crippen LogP contribution in [0.5, 0.6) is 23.0 Å². The predicted octanol–water partition coefficient (Wildman–Crippen LogP) is 10.6. The fourth-order valence-electron chi connectivity index (χ4n) is 7.26. The summed E-state index contributed by atoms with van der Waals surface area (Å²) in [5.41, 5.74) is 8.72. The molecule has 220 valence electrons. The van der Waals surface area contributed by atoms with Crippen molar-refractivity contribution in [3.63, 3.8) is 0 Å². The van der Waals surface area contributed by atoms with Crippen LogP contribution in [0.1, 0.15) is 47.2 Å². The smallest absolute Gasteiger partial charge is 0.178 e. The highest BCUT2D eigenvalue weighted by atomic mass is 16.5. The van der Waals surface area contributed by atoms with E-state index in [2.05, 4.69) is 99.7 Å². The standard InChI is InChI=1S/C42H34O3/c1-27-14-23-35-37(26-27)41(2,3)39-36-24-25-42(28-15-19-30(43-4)20-16-28,45-40(36)34-13-9-8-12-33(34)38(35)39)29-17-21-32(22-18-29)44-31-10-6-5-7-11-31/h5-26H,1-4H3. The van der Waals surface area contributed by atoms with Gasteiger partial charge in [-0.15, -0.1) is 0 Å². The van der Waals surface area contributed by atoms with Crippen molar-refractivity contribution in [2.24, 2.45) is 0 Å². The maximum Gasteiger partial charge on any atom is 0.178 e. The normalized spacial score (nSPS) is 17.2.